The Hall–Kier alpha value is -3.07. The highest BCUT2D eigenvalue weighted by molar-refractivity contribution is 7.90. The molecule has 8 nitrogen and oxygen atoms in total. The van der Waals surface area contributed by atoms with Gasteiger partial charge in [-0.15, -0.1) is 0 Å². The van der Waals surface area contributed by atoms with Crippen molar-refractivity contribution in [3.05, 3.63) is 65.2 Å². The van der Waals surface area contributed by atoms with Gasteiger partial charge in [-0.05, 0) is 49.4 Å². The van der Waals surface area contributed by atoms with Crippen molar-refractivity contribution in [2.75, 3.05) is 37.6 Å². The van der Waals surface area contributed by atoms with Crippen LogP contribution in [0.2, 0.25) is 0 Å². The molecule has 0 bridgehead atoms. The van der Waals surface area contributed by atoms with Crippen molar-refractivity contribution in [2.24, 2.45) is 0 Å². The summed E-state index contributed by atoms with van der Waals surface area (Å²) in [4.78, 5) is 32.5. The van der Waals surface area contributed by atoms with Gasteiger partial charge in [0.2, 0.25) is 15.9 Å². The predicted octanol–water partition coefficient (Wildman–Crippen LogP) is 2.75. The molecule has 2 aromatic rings. The summed E-state index contributed by atoms with van der Waals surface area (Å²) in [5.74, 6) is -0.177. The molecule has 0 radical (unpaired) electrons. The van der Waals surface area contributed by atoms with Gasteiger partial charge in [0, 0.05) is 38.4 Å². The second-order valence-electron chi connectivity index (χ2n) is 9.79. The molecule has 2 heterocycles. The van der Waals surface area contributed by atoms with Gasteiger partial charge in [0.1, 0.15) is 6.04 Å². The van der Waals surface area contributed by atoms with Gasteiger partial charge in [-0.1, -0.05) is 42.5 Å². The number of aryl methyl sites for hydroxylation is 2. The van der Waals surface area contributed by atoms with E-state index in [0.717, 1.165) is 9.87 Å². The Morgan fingerprint density at radius 2 is 1.66 bits per heavy atom. The first-order valence-corrected chi connectivity index (χ1v) is 13.7. The molecule has 3 fully saturated rings. The van der Waals surface area contributed by atoms with Crippen LogP contribution < -0.4 is 4.90 Å². The monoisotopic (exact) mass is 496 g/mol. The van der Waals surface area contributed by atoms with Crippen molar-refractivity contribution < 1.29 is 18.0 Å². The first-order valence-electron chi connectivity index (χ1n) is 12.2. The van der Waals surface area contributed by atoms with Gasteiger partial charge in [0.15, 0.2) is 0 Å². The fraction of sp³-hybridized carbons (Fsp3) is 0.462. The van der Waals surface area contributed by atoms with E-state index in [1.54, 1.807) is 4.90 Å². The first-order chi connectivity index (χ1) is 16.8. The van der Waals surface area contributed by atoms with Crippen LogP contribution in [0.5, 0.6) is 0 Å². The van der Waals surface area contributed by atoms with Gasteiger partial charge in [-0.25, -0.2) is 17.5 Å². The zero-order valence-electron chi connectivity index (χ0n) is 20.3. The lowest BCUT2D eigenvalue weighted by Gasteiger charge is -2.38. The Labute approximate surface area is 207 Å². The number of amides is 3. The number of sulfonamides is 1. The first kappa shape index (κ1) is 23.7. The molecule has 3 aliphatic rings. The number of rotatable bonds is 6. The van der Waals surface area contributed by atoms with Gasteiger partial charge < -0.3 is 14.7 Å². The van der Waals surface area contributed by atoms with E-state index in [1.165, 1.54) is 21.7 Å². The fourth-order valence-corrected chi connectivity index (χ4v) is 6.74. The van der Waals surface area contributed by atoms with E-state index in [2.05, 4.69) is 36.9 Å². The zero-order chi connectivity index (χ0) is 24.7. The van der Waals surface area contributed by atoms with Crippen LogP contribution in [0.3, 0.4) is 0 Å². The molecule has 35 heavy (non-hydrogen) atoms. The number of anilines is 1. The van der Waals surface area contributed by atoms with E-state index < -0.39 is 27.3 Å². The molecule has 1 saturated carbocycles. The third-order valence-corrected chi connectivity index (χ3v) is 9.44. The molecule has 0 aromatic heterocycles. The molecule has 5 rings (SSSR count). The minimum atomic E-state index is -3.73. The highest BCUT2D eigenvalue weighted by Crippen LogP contribution is 2.35. The Kier molecular flexibility index (Phi) is 6.21. The summed E-state index contributed by atoms with van der Waals surface area (Å²) < 4.78 is 26.9. The smallest absolute Gasteiger partial charge is 0.334 e. The second-order valence-corrected chi connectivity index (χ2v) is 11.9. The van der Waals surface area contributed by atoms with Crippen molar-refractivity contribution in [3.63, 3.8) is 0 Å². The standard InChI is InChI=1S/C26H32N4O4S/c1-19-8-9-20(2)23(16-19)27-12-14-28(15-13-27)25(31)24-18-30(35(33,34)22-10-11-22)26(32)29(24)17-21-6-4-3-5-7-21/h3-9,16,22,24H,10-15,17-18H2,1-2H3/t24-/m0/s1. The number of carbonyl (C=O) groups is 2. The van der Waals surface area contributed by atoms with Crippen molar-refractivity contribution in [2.45, 2.75) is 44.5 Å². The van der Waals surface area contributed by atoms with E-state index in [4.69, 9.17) is 0 Å². The average Bonchev–Trinajstić information content (AvgIpc) is 3.67. The van der Waals surface area contributed by atoms with Crippen molar-refractivity contribution in [1.82, 2.24) is 14.1 Å². The molecular weight excluding hydrogens is 464 g/mol. The van der Waals surface area contributed by atoms with Crippen molar-refractivity contribution in [3.8, 4) is 0 Å². The number of carbonyl (C=O) groups excluding carboxylic acids is 2. The Morgan fingerprint density at radius 3 is 2.31 bits per heavy atom. The summed E-state index contributed by atoms with van der Waals surface area (Å²) in [5.41, 5.74) is 4.44. The minimum absolute atomic E-state index is 0.111. The van der Waals surface area contributed by atoms with Crippen molar-refractivity contribution >= 4 is 27.6 Å². The quantitative estimate of drug-likeness (QED) is 0.614. The van der Waals surface area contributed by atoms with Crippen LogP contribution >= 0.6 is 0 Å². The number of nitrogens with zero attached hydrogens (tertiary/aromatic N) is 4. The van der Waals surface area contributed by atoms with Crippen LogP contribution in [0, 0.1) is 13.8 Å². The molecule has 0 unspecified atom stereocenters. The third-order valence-electron chi connectivity index (χ3n) is 7.20. The van der Waals surface area contributed by atoms with Gasteiger partial charge in [0.25, 0.3) is 0 Å². The zero-order valence-corrected chi connectivity index (χ0v) is 21.1. The Bertz CT molecular complexity index is 1220. The summed E-state index contributed by atoms with van der Waals surface area (Å²) in [5, 5.41) is -0.500. The lowest BCUT2D eigenvalue weighted by atomic mass is 10.1. The number of hydrogen-bond donors (Lipinski definition) is 0. The molecule has 2 aromatic carbocycles. The number of piperazine rings is 1. The average molecular weight is 497 g/mol. The maximum atomic E-state index is 13.7. The molecule has 2 saturated heterocycles. The molecule has 3 amide bonds. The molecule has 2 aliphatic heterocycles. The van der Waals surface area contributed by atoms with E-state index in [-0.39, 0.29) is 19.0 Å². The van der Waals surface area contributed by atoms with E-state index >= 15 is 0 Å². The molecule has 1 atom stereocenters. The van der Waals surface area contributed by atoms with Crippen LogP contribution in [-0.4, -0.2) is 78.5 Å². The molecule has 0 spiro atoms. The number of urea groups is 1. The van der Waals surface area contributed by atoms with E-state index in [1.807, 2.05) is 30.3 Å². The SMILES string of the molecule is Cc1ccc(C)c(N2CCN(C(=O)[C@@H]3CN(S(=O)(=O)C4CC4)C(=O)N3Cc3ccccc3)CC2)c1. The van der Waals surface area contributed by atoms with Gasteiger partial charge in [0.05, 0.1) is 11.8 Å². The highest BCUT2D eigenvalue weighted by Gasteiger charge is 2.51. The normalized spacial score (nSPS) is 21.1. The third kappa shape index (κ3) is 4.61. The predicted molar refractivity (Wildman–Crippen MR) is 135 cm³/mol. The molecule has 9 heteroatoms. The molecule has 0 N–H and O–H groups in total. The van der Waals surface area contributed by atoms with Crippen molar-refractivity contribution in [1.29, 1.82) is 0 Å². The topological polar surface area (TPSA) is 81.2 Å². The summed E-state index contributed by atoms with van der Waals surface area (Å²) in [6.07, 6.45) is 1.15. The summed E-state index contributed by atoms with van der Waals surface area (Å²) >= 11 is 0. The van der Waals surface area contributed by atoms with Gasteiger partial charge in [-0.3, -0.25) is 4.79 Å². The maximum Gasteiger partial charge on any atom is 0.334 e. The van der Waals surface area contributed by atoms with Crippen LogP contribution in [0.1, 0.15) is 29.5 Å². The largest absolute Gasteiger partial charge is 0.368 e. The van der Waals surface area contributed by atoms with Crippen LogP contribution in [0.25, 0.3) is 0 Å². The molecule has 1 aliphatic carbocycles. The van der Waals surface area contributed by atoms with E-state index in [0.29, 0.717) is 39.0 Å². The van der Waals surface area contributed by atoms with Crippen LogP contribution in [0.15, 0.2) is 48.5 Å². The fourth-order valence-electron chi connectivity index (χ4n) is 4.98. The Morgan fingerprint density at radius 1 is 0.971 bits per heavy atom. The summed E-state index contributed by atoms with van der Waals surface area (Å²) in [7, 11) is -3.73. The maximum absolute atomic E-state index is 13.7. The highest BCUT2D eigenvalue weighted by atomic mass is 32.2. The second kappa shape index (κ2) is 9.18. The van der Waals surface area contributed by atoms with E-state index in [9.17, 15) is 18.0 Å². The summed E-state index contributed by atoms with van der Waals surface area (Å²) in [6.45, 7) is 6.71. The van der Waals surface area contributed by atoms with Gasteiger partial charge >= 0.3 is 6.03 Å². The van der Waals surface area contributed by atoms with Crippen LogP contribution in [0.4, 0.5) is 10.5 Å². The summed E-state index contributed by atoms with van der Waals surface area (Å²) in [6, 6.07) is 14.4. The van der Waals surface area contributed by atoms with Gasteiger partial charge in [-0.2, -0.15) is 0 Å². The van der Waals surface area contributed by atoms with Crippen LogP contribution in [-0.2, 0) is 21.4 Å². The number of hydrogen-bond acceptors (Lipinski definition) is 5. The Balaban J connectivity index is 1.34. The number of benzene rings is 2. The molecule has 186 valence electrons. The lowest BCUT2D eigenvalue weighted by Crippen LogP contribution is -2.54. The minimum Gasteiger partial charge on any atom is -0.368 e. The lowest BCUT2D eigenvalue weighted by molar-refractivity contribution is -0.135. The molecular formula is C26H32N4O4S.